The van der Waals surface area contributed by atoms with Crippen LogP contribution in [0, 0.1) is 0 Å². The summed E-state index contributed by atoms with van der Waals surface area (Å²) in [6.07, 6.45) is 3.06. The van der Waals surface area contributed by atoms with Crippen LogP contribution in [0.3, 0.4) is 0 Å². The van der Waals surface area contributed by atoms with Crippen molar-refractivity contribution in [2.45, 2.75) is 39.5 Å². The van der Waals surface area contributed by atoms with E-state index in [2.05, 4.69) is 6.92 Å². The highest BCUT2D eigenvalue weighted by Gasteiger charge is 2.12. The van der Waals surface area contributed by atoms with E-state index >= 15 is 0 Å². The Morgan fingerprint density at radius 2 is 2.06 bits per heavy atom. The minimum absolute atomic E-state index is 0.207. The zero-order valence-electron chi connectivity index (χ0n) is 11.5. The number of unbranched alkanes of at least 4 members (excludes halogenated alkanes) is 1. The number of ketones is 1. The van der Waals surface area contributed by atoms with Crippen LogP contribution >= 0.6 is 0 Å². The van der Waals surface area contributed by atoms with Crippen molar-refractivity contribution in [1.82, 2.24) is 0 Å². The average Bonchev–Trinajstić information content (AvgIpc) is 2.39. The minimum Gasteiger partial charge on any atom is -0.493 e. The van der Waals surface area contributed by atoms with Crippen molar-refractivity contribution in [2.24, 2.45) is 0 Å². The SMILES string of the molecule is CCCCOc1cccc(CC(=O)CC)c1OC. The van der Waals surface area contributed by atoms with E-state index in [1.54, 1.807) is 7.11 Å². The number of rotatable bonds is 8. The van der Waals surface area contributed by atoms with Crippen LogP contribution in [-0.2, 0) is 11.2 Å². The first-order valence-corrected chi connectivity index (χ1v) is 6.53. The summed E-state index contributed by atoms with van der Waals surface area (Å²) in [6.45, 7) is 4.67. The lowest BCUT2D eigenvalue weighted by Crippen LogP contribution is -2.05. The molecule has 1 rings (SSSR count). The van der Waals surface area contributed by atoms with E-state index in [0.717, 1.165) is 24.2 Å². The third-order valence-corrected chi connectivity index (χ3v) is 2.80. The third kappa shape index (κ3) is 4.06. The average molecular weight is 250 g/mol. The quantitative estimate of drug-likeness (QED) is 0.663. The number of hydrogen-bond donors (Lipinski definition) is 0. The lowest BCUT2D eigenvalue weighted by Gasteiger charge is -2.13. The molecule has 0 bridgehead atoms. The lowest BCUT2D eigenvalue weighted by molar-refractivity contribution is -0.118. The van der Waals surface area contributed by atoms with Crippen LogP contribution in [0.25, 0.3) is 0 Å². The van der Waals surface area contributed by atoms with Crippen molar-refractivity contribution in [2.75, 3.05) is 13.7 Å². The Hall–Kier alpha value is -1.51. The summed E-state index contributed by atoms with van der Waals surface area (Å²) in [7, 11) is 1.61. The van der Waals surface area contributed by atoms with Crippen LogP contribution in [0.1, 0.15) is 38.7 Å². The molecule has 100 valence electrons. The maximum absolute atomic E-state index is 11.5. The molecule has 18 heavy (non-hydrogen) atoms. The molecule has 1 aromatic rings. The number of para-hydroxylation sites is 1. The maximum Gasteiger partial charge on any atom is 0.164 e. The Morgan fingerprint density at radius 1 is 1.28 bits per heavy atom. The summed E-state index contributed by atoms with van der Waals surface area (Å²) in [5.74, 6) is 1.63. The predicted molar refractivity (Wildman–Crippen MR) is 72.4 cm³/mol. The van der Waals surface area contributed by atoms with Gasteiger partial charge in [0.15, 0.2) is 11.5 Å². The molecule has 0 aromatic heterocycles. The van der Waals surface area contributed by atoms with Crippen LogP contribution in [-0.4, -0.2) is 19.5 Å². The largest absolute Gasteiger partial charge is 0.493 e. The molecule has 0 atom stereocenters. The molecule has 0 aliphatic rings. The van der Waals surface area contributed by atoms with Gasteiger partial charge >= 0.3 is 0 Å². The van der Waals surface area contributed by atoms with Crippen LogP contribution in [0.5, 0.6) is 11.5 Å². The van der Waals surface area contributed by atoms with Gasteiger partial charge in [-0.25, -0.2) is 0 Å². The summed E-state index contributed by atoms with van der Waals surface area (Å²) < 4.78 is 11.1. The minimum atomic E-state index is 0.207. The van der Waals surface area contributed by atoms with Crippen molar-refractivity contribution in [3.05, 3.63) is 23.8 Å². The van der Waals surface area contributed by atoms with Gasteiger partial charge in [-0.3, -0.25) is 4.79 Å². The first kappa shape index (κ1) is 14.6. The number of ether oxygens (including phenoxy) is 2. The van der Waals surface area contributed by atoms with Gasteiger partial charge in [0.2, 0.25) is 0 Å². The summed E-state index contributed by atoms with van der Waals surface area (Å²) in [5.41, 5.74) is 0.901. The molecule has 0 spiro atoms. The maximum atomic E-state index is 11.5. The summed E-state index contributed by atoms with van der Waals surface area (Å²) in [5, 5.41) is 0. The highest BCUT2D eigenvalue weighted by atomic mass is 16.5. The van der Waals surface area contributed by atoms with Crippen molar-refractivity contribution >= 4 is 5.78 Å². The van der Waals surface area contributed by atoms with Crippen LogP contribution in [0.15, 0.2) is 18.2 Å². The van der Waals surface area contributed by atoms with Gasteiger partial charge in [-0.15, -0.1) is 0 Å². The molecule has 0 aliphatic heterocycles. The molecule has 3 heteroatoms. The van der Waals surface area contributed by atoms with Gasteiger partial charge in [-0.1, -0.05) is 32.4 Å². The zero-order chi connectivity index (χ0) is 13.4. The Kier molecular flexibility index (Phi) is 6.26. The molecule has 0 saturated carbocycles. The molecular weight excluding hydrogens is 228 g/mol. The molecule has 0 radical (unpaired) electrons. The molecule has 0 N–H and O–H groups in total. The van der Waals surface area contributed by atoms with Crippen molar-refractivity contribution in [3.63, 3.8) is 0 Å². The second-order valence-corrected chi connectivity index (χ2v) is 4.22. The highest BCUT2D eigenvalue weighted by molar-refractivity contribution is 5.81. The second kappa shape index (κ2) is 7.75. The number of Topliss-reactive ketones (excluding diaryl/α,β-unsaturated/α-hetero) is 1. The molecule has 0 heterocycles. The zero-order valence-corrected chi connectivity index (χ0v) is 11.5. The van der Waals surface area contributed by atoms with E-state index < -0.39 is 0 Å². The Morgan fingerprint density at radius 3 is 2.67 bits per heavy atom. The lowest BCUT2D eigenvalue weighted by atomic mass is 10.1. The van der Waals surface area contributed by atoms with E-state index in [1.165, 1.54) is 0 Å². The standard InChI is InChI=1S/C15H22O3/c1-4-6-10-18-14-9-7-8-12(15(14)17-3)11-13(16)5-2/h7-9H,4-6,10-11H2,1-3H3. The van der Waals surface area contributed by atoms with E-state index in [4.69, 9.17) is 9.47 Å². The molecule has 0 fully saturated rings. The summed E-state index contributed by atoms with van der Waals surface area (Å²) in [6, 6.07) is 5.70. The van der Waals surface area contributed by atoms with Gasteiger partial charge in [0.25, 0.3) is 0 Å². The molecule has 0 unspecified atom stereocenters. The van der Waals surface area contributed by atoms with Crippen molar-refractivity contribution in [3.8, 4) is 11.5 Å². The Bertz CT molecular complexity index is 385. The van der Waals surface area contributed by atoms with Crippen LogP contribution < -0.4 is 9.47 Å². The monoisotopic (exact) mass is 250 g/mol. The van der Waals surface area contributed by atoms with Gasteiger partial charge < -0.3 is 9.47 Å². The number of hydrogen-bond acceptors (Lipinski definition) is 3. The smallest absolute Gasteiger partial charge is 0.164 e. The summed E-state index contributed by atoms with van der Waals surface area (Å²) in [4.78, 5) is 11.5. The van der Waals surface area contributed by atoms with E-state index in [0.29, 0.717) is 25.2 Å². The number of benzene rings is 1. The molecule has 1 aromatic carbocycles. The fraction of sp³-hybridized carbons (Fsp3) is 0.533. The number of carbonyl (C=O) groups excluding carboxylic acids is 1. The number of methoxy groups -OCH3 is 1. The molecule has 0 amide bonds. The molecule has 3 nitrogen and oxygen atoms in total. The van der Waals surface area contributed by atoms with Crippen molar-refractivity contribution in [1.29, 1.82) is 0 Å². The predicted octanol–water partition coefficient (Wildman–Crippen LogP) is 3.40. The first-order valence-electron chi connectivity index (χ1n) is 6.53. The summed E-state index contributed by atoms with van der Waals surface area (Å²) >= 11 is 0. The second-order valence-electron chi connectivity index (χ2n) is 4.22. The Balaban J connectivity index is 2.84. The van der Waals surface area contributed by atoms with E-state index in [9.17, 15) is 4.79 Å². The topological polar surface area (TPSA) is 35.5 Å². The van der Waals surface area contributed by atoms with Gasteiger partial charge in [0.05, 0.1) is 13.7 Å². The van der Waals surface area contributed by atoms with E-state index in [1.807, 2.05) is 25.1 Å². The van der Waals surface area contributed by atoms with Crippen LogP contribution in [0.2, 0.25) is 0 Å². The molecular formula is C15H22O3. The van der Waals surface area contributed by atoms with Gasteiger partial charge in [0.1, 0.15) is 5.78 Å². The van der Waals surface area contributed by atoms with Gasteiger partial charge in [-0.2, -0.15) is 0 Å². The van der Waals surface area contributed by atoms with E-state index in [-0.39, 0.29) is 5.78 Å². The van der Waals surface area contributed by atoms with Gasteiger partial charge in [-0.05, 0) is 12.5 Å². The fourth-order valence-corrected chi connectivity index (χ4v) is 1.71. The normalized spacial score (nSPS) is 10.2. The number of carbonyl (C=O) groups is 1. The fourth-order valence-electron chi connectivity index (χ4n) is 1.71. The first-order chi connectivity index (χ1) is 8.72. The molecule has 0 aliphatic carbocycles. The van der Waals surface area contributed by atoms with Crippen molar-refractivity contribution < 1.29 is 14.3 Å². The molecule has 0 saturated heterocycles. The third-order valence-electron chi connectivity index (χ3n) is 2.80. The van der Waals surface area contributed by atoms with Crippen LogP contribution in [0.4, 0.5) is 0 Å². The van der Waals surface area contributed by atoms with Gasteiger partial charge in [0, 0.05) is 18.4 Å². The highest BCUT2D eigenvalue weighted by Crippen LogP contribution is 2.31. The Labute approximate surface area is 109 Å².